The number of rotatable bonds is 5. The van der Waals surface area contributed by atoms with Crippen LogP contribution in [0.2, 0.25) is 0 Å². The highest BCUT2D eigenvalue weighted by Gasteiger charge is 2.60. The Labute approximate surface area is 188 Å². The summed E-state index contributed by atoms with van der Waals surface area (Å²) >= 11 is 0. The maximum Gasteiger partial charge on any atom is 0.271 e. The van der Waals surface area contributed by atoms with Crippen LogP contribution in [-0.4, -0.2) is 30.0 Å². The molecule has 3 atom stereocenters. The largest absolute Gasteiger partial charge is 0.497 e. The molecule has 166 valence electrons. The summed E-state index contributed by atoms with van der Waals surface area (Å²) in [4.78, 5) is 44.6. The number of anilines is 2. The number of amides is 2. The van der Waals surface area contributed by atoms with Gasteiger partial charge in [-0.1, -0.05) is 36.4 Å². The molecular formula is C24H19N3O6. The van der Waals surface area contributed by atoms with Crippen molar-refractivity contribution in [2.75, 3.05) is 17.1 Å². The van der Waals surface area contributed by atoms with Gasteiger partial charge in [-0.05, 0) is 35.9 Å². The van der Waals surface area contributed by atoms with Gasteiger partial charge < -0.3 is 4.74 Å². The van der Waals surface area contributed by atoms with Crippen LogP contribution in [0.1, 0.15) is 11.6 Å². The second kappa shape index (κ2) is 8.03. The quantitative estimate of drug-likeness (QED) is 0.336. The molecule has 2 heterocycles. The van der Waals surface area contributed by atoms with E-state index in [4.69, 9.17) is 9.57 Å². The van der Waals surface area contributed by atoms with Gasteiger partial charge in [-0.25, -0.2) is 9.96 Å². The fourth-order valence-electron chi connectivity index (χ4n) is 4.38. The van der Waals surface area contributed by atoms with Crippen LogP contribution in [0.5, 0.6) is 5.75 Å². The Hall–Kier alpha value is -4.24. The third kappa shape index (κ3) is 3.39. The average molecular weight is 445 g/mol. The predicted molar refractivity (Wildman–Crippen MR) is 119 cm³/mol. The number of methoxy groups -OCH3 is 1. The van der Waals surface area contributed by atoms with Gasteiger partial charge in [0.05, 0.1) is 29.4 Å². The minimum Gasteiger partial charge on any atom is -0.497 e. The van der Waals surface area contributed by atoms with Crippen LogP contribution in [0.15, 0.2) is 78.9 Å². The molecule has 0 bridgehead atoms. The van der Waals surface area contributed by atoms with Crippen LogP contribution < -0.4 is 14.7 Å². The number of nitro groups is 1. The fourth-order valence-corrected chi connectivity index (χ4v) is 4.38. The van der Waals surface area contributed by atoms with E-state index in [0.717, 1.165) is 10.5 Å². The van der Waals surface area contributed by atoms with E-state index < -0.39 is 34.8 Å². The van der Waals surface area contributed by atoms with Crippen LogP contribution in [-0.2, 0) is 14.4 Å². The lowest BCUT2D eigenvalue weighted by molar-refractivity contribution is -0.384. The normalized spacial score (nSPS) is 21.9. The molecule has 2 amide bonds. The van der Waals surface area contributed by atoms with E-state index >= 15 is 0 Å². The number of carbonyl (C=O) groups is 2. The molecule has 3 aromatic carbocycles. The molecular weight excluding hydrogens is 426 g/mol. The second-order valence-corrected chi connectivity index (χ2v) is 7.72. The fraction of sp³-hybridized carbons (Fsp3) is 0.167. The number of hydrogen-bond donors (Lipinski definition) is 0. The number of ether oxygens (including phenoxy) is 1. The highest BCUT2D eigenvalue weighted by Crippen LogP contribution is 2.48. The van der Waals surface area contributed by atoms with E-state index in [1.807, 2.05) is 42.5 Å². The van der Waals surface area contributed by atoms with Crippen LogP contribution in [0.3, 0.4) is 0 Å². The van der Waals surface area contributed by atoms with Gasteiger partial charge in [-0.3, -0.25) is 24.5 Å². The van der Waals surface area contributed by atoms with Crippen molar-refractivity contribution in [3.05, 3.63) is 94.5 Å². The summed E-state index contributed by atoms with van der Waals surface area (Å²) in [6, 6.07) is 21.3. The van der Waals surface area contributed by atoms with Gasteiger partial charge in [0.2, 0.25) is 5.91 Å². The van der Waals surface area contributed by atoms with Crippen LogP contribution in [0, 0.1) is 16.0 Å². The number of non-ortho nitro benzene ring substituents is 1. The molecule has 2 saturated heterocycles. The number of carbonyl (C=O) groups excluding carboxylic acids is 2. The van der Waals surface area contributed by atoms with Crippen LogP contribution >= 0.6 is 0 Å². The Morgan fingerprint density at radius 1 is 0.909 bits per heavy atom. The maximum atomic E-state index is 13.6. The van der Waals surface area contributed by atoms with E-state index in [2.05, 4.69) is 0 Å². The SMILES string of the molecule is COc1cccc([C@@H]2[C@H]3C(=O)N(c4cccc([N+](=O)[O-])c4)C(=O)[C@@H]3ON2c2ccccc2)c1. The minimum atomic E-state index is -1.06. The molecule has 3 aromatic rings. The van der Waals surface area contributed by atoms with Crippen molar-refractivity contribution in [2.45, 2.75) is 12.1 Å². The highest BCUT2D eigenvalue weighted by atomic mass is 16.7. The van der Waals surface area contributed by atoms with Gasteiger partial charge in [0.15, 0.2) is 6.10 Å². The molecule has 0 unspecified atom stereocenters. The first kappa shape index (κ1) is 20.7. The second-order valence-electron chi connectivity index (χ2n) is 7.72. The van der Waals surface area contributed by atoms with E-state index in [1.165, 1.54) is 24.3 Å². The van der Waals surface area contributed by atoms with Crippen LogP contribution in [0.4, 0.5) is 17.1 Å². The topological polar surface area (TPSA) is 102 Å². The first-order chi connectivity index (χ1) is 16.0. The van der Waals surface area contributed by atoms with E-state index in [1.54, 1.807) is 24.3 Å². The molecule has 0 spiro atoms. The molecule has 9 heteroatoms. The summed E-state index contributed by atoms with van der Waals surface area (Å²) in [5.41, 5.74) is 1.38. The zero-order valence-corrected chi connectivity index (χ0v) is 17.5. The first-order valence-corrected chi connectivity index (χ1v) is 10.3. The zero-order valence-electron chi connectivity index (χ0n) is 17.5. The molecule has 33 heavy (non-hydrogen) atoms. The van der Waals surface area contributed by atoms with E-state index in [9.17, 15) is 19.7 Å². The molecule has 5 rings (SSSR count). The van der Waals surface area contributed by atoms with Crippen LogP contribution in [0.25, 0.3) is 0 Å². The molecule has 0 N–H and O–H groups in total. The molecule has 0 radical (unpaired) electrons. The number of imide groups is 1. The average Bonchev–Trinajstić information content (AvgIpc) is 3.35. The number of para-hydroxylation sites is 1. The standard InChI is InChI=1S/C24H19N3O6/c1-32-19-12-5-7-15(13-19)21-20-22(33-26(21)16-8-3-2-4-9-16)24(29)25(23(20)28)17-10-6-11-18(14-17)27(30)31/h2-14,20-22H,1H3/t20-,21-,22-/m1/s1. The van der Waals surface area contributed by atoms with Crippen molar-refractivity contribution in [1.82, 2.24) is 0 Å². The maximum absolute atomic E-state index is 13.6. The third-order valence-electron chi connectivity index (χ3n) is 5.86. The minimum absolute atomic E-state index is 0.146. The number of hydroxylamine groups is 1. The third-order valence-corrected chi connectivity index (χ3v) is 5.86. The Balaban J connectivity index is 1.59. The predicted octanol–water partition coefficient (Wildman–Crippen LogP) is 3.65. The molecule has 2 aliphatic heterocycles. The molecule has 2 fully saturated rings. The summed E-state index contributed by atoms with van der Waals surface area (Å²) in [5.74, 6) is -1.27. The van der Waals surface area contributed by atoms with E-state index in [0.29, 0.717) is 11.4 Å². The van der Waals surface area contributed by atoms with Gasteiger partial charge in [0, 0.05) is 12.1 Å². The molecule has 0 saturated carbocycles. The zero-order chi connectivity index (χ0) is 23.1. The van der Waals surface area contributed by atoms with E-state index in [-0.39, 0.29) is 11.4 Å². The highest BCUT2D eigenvalue weighted by molar-refractivity contribution is 6.24. The summed E-state index contributed by atoms with van der Waals surface area (Å²) in [5, 5.41) is 12.8. The number of fused-ring (bicyclic) bond motifs is 1. The van der Waals surface area contributed by atoms with Gasteiger partial charge in [0.1, 0.15) is 11.7 Å². The molecule has 0 aromatic heterocycles. The summed E-state index contributed by atoms with van der Waals surface area (Å²) in [7, 11) is 1.55. The van der Waals surface area contributed by atoms with Crippen molar-refractivity contribution in [1.29, 1.82) is 0 Å². The molecule has 2 aliphatic rings. The Morgan fingerprint density at radius 2 is 1.64 bits per heavy atom. The van der Waals surface area contributed by atoms with Crippen molar-refractivity contribution < 1.29 is 24.1 Å². The molecule has 9 nitrogen and oxygen atoms in total. The van der Waals surface area contributed by atoms with Gasteiger partial charge >= 0.3 is 0 Å². The lowest BCUT2D eigenvalue weighted by Gasteiger charge is -2.28. The first-order valence-electron chi connectivity index (χ1n) is 10.3. The summed E-state index contributed by atoms with van der Waals surface area (Å²) < 4.78 is 5.36. The number of hydrogen-bond acceptors (Lipinski definition) is 7. The summed E-state index contributed by atoms with van der Waals surface area (Å²) in [6.07, 6.45) is -1.06. The van der Waals surface area contributed by atoms with Gasteiger partial charge in [0.25, 0.3) is 11.6 Å². The monoisotopic (exact) mass is 445 g/mol. The van der Waals surface area contributed by atoms with Crippen molar-refractivity contribution >= 4 is 28.9 Å². The Morgan fingerprint density at radius 3 is 2.36 bits per heavy atom. The van der Waals surface area contributed by atoms with Crippen molar-refractivity contribution in [3.8, 4) is 5.75 Å². The Bertz CT molecular complexity index is 1250. The lowest BCUT2D eigenvalue weighted by Crippen LogP contribution is -2.37. The Kier molecular flexibility index (Phi) is 5.02. The number of nitro benzene ring substituents is 1. The summed E-state index contributed by atoms with van der Waals surface area (Å²) in [6.45, 7) is 0. The molecule has 0 aliphatic carbocycles. The lowest BCUT2D eigenvalue weighted by atomic mass is 9.90. The number of benzene rings is 3. The van der Waals surface area contributed by atoms with Crippen molar-refractivity contribution in [2.24, 2.45) is 5.92 Å². The van der Waals surface area contributed by atoms with Gasteiger partial charge in [-0.2, -0.15) is 0 Å². The van der Waals surface area contributed by atoms with Crippen molar-refractivity contribution in [3.63, 3.8) is 0 Å². The smallest absolute Gasteiger partial charge is 0.271 e. The van der Waals surface area contributed by atoms with Gasteiger partial charge in [-0.15, -0.1) is 0 Å². The number of nitrogens with zero attached hydrogens (tertiary/aromatic N) is 3.